The fourth-order valence-corrected chi connectivity index (χ4v) is 6.05. The second kappa shape index (κ2) is 6.05. The number of carbonyl (C=O) groups excluding carboxylic acids is 3. The lowest BCUT2D eigenvalue weighted by Gasteiger charge is -2.37. The van der Waals surface area contributed by atoms with Crippen molar-refractivity contribution in [2.24, 2.45) is 35.5 Å². The third-order valence-corrected chi connectivity index (χ3v) is 7.45. The number of rotatable bonds is 5. The zero-order valence-corrected chi connectivity index (χ0v) is 16.0. The molecule has 0 spiro atoms. The predicted octanol–water partition coefficient (Wildman–Crippen LogP) is 1.88. The maximum atomic E-state index is 12.9. The molecule has 3 amide bonds. The van der Waals surface area contributed by atoms with Gasteiger partial charge in [0.2, 0.25) is 17.7 Å². The largest absolute Gasteiger partial charge is 0.361 e. The summed E-state index contributed by atoms with van der Waals surface area (Å²) in [7, 11) is 0. The summed E-state index contributed by atoms with van der Waals surface area (Å²) in [6.07, 6.45) is 8.10. The number of imide groups is 1. The van der Waals surface area contributed by atoms with Gasteiger partial charge in [0.15, 0.2) is 0 Å². The Morgan fingerprint density at radius 1 is 1.07 bits per heavy atom. The van der Waals surface area contributed by atoms with E-state index in [1.165, 1.54) is 4.90 Å². The van der Waals surface area contributed by atoms with E-state index in [0.29, 0.717) is 24.8 Å². The molecule has 1 saturated heterocycles. The van der Waals surface area contributed by atoms with Gasteiger partial charge in [-0.2, -0.15) is 0 Å². The minimum Gasteiger partial charge on any atom is -0.361 e. The van der Waals surface area contributed by atoms with Crippen molar-refractivity contribution >= 4 is 28.6 Å². The van der Waals surface area contributed by atoms with Crippen LogP contribution in [0.15, 0.2) is 42.6 Å². The van der Waals surface area contributed by atoms with Crippen LogP contribution in [0.1, 0.15) is 12.0 Å². The molecule has 3 fully saturated rings. The number of allylic oxidation sites excluding steroid dienone is 2. The first kappa shape index (κ1) is 17.0. The molecular weight excluding hydrogens is 366 g/mol. The molecule has 2 bridgehead atoms. The average Bonchev–Trinajstić information content (AvgIpc) is 3.42. The molecule has 2 heterocycles. The minimum atomic E-state index is -0.268. The molecule has 2 N–H and O–H groups in total. The van der Waals surface area contributed by atoms with Crippen molar-refractivity contribution in [1.29, 1.82) is 0 Å². The first-order chi connectivity index (χ1) is 14.1. The quantitative estimate of drug-likeness (QED) is 0.605. The molecule has 4 aliphatic carbocycles. The highest BCUT2D eigenvalue weighted by molar-refractivity contribution is 6.08. The van der Waals surface area contributed by atoms with Gasteiger partial charge in [0, 0.05) is 23.6 Å². The molecule has 148 valence electrons. The molecule has 7 rings (SSSR count). The Morgan fingerprint density at radius 2 is 1.76 bits per heavy atom. The number of para-hydroxylation sites is 1. The average molecular weight is 389 g/mol. The van der Waals surface area contributed by atoms with E-state index in [0.717, 1.165) is 22.9 Å². The van der Waals surface area contributed by atoms with E-state index < -0.39 is 0 Å². The molecule has 1 aromatic heterocycles. The molecule has 29 heavy (non-hydrogen) atoms. The number of nitrogens with zero attached hydrogens (tertiary/aromatic N) is 1. The number of amides is 3. The maximum absolute atomic E-state index is 12.9. The summed E-state index contributed by atoms with van der Waals surface area (Å²) in [5, 5.41) is 4.03. The number of hydrogen-bond donors (Lipinski definition) is 2. The molecule has 1 aromatic carbocycles. The van der Waals surface area contributed by atoms with Crippen LogP contribution in [0, 0.1) is 35.5 Å². The van der Waals surface area contributed by atoms with Gasteiger partial charge in [0.25, 0.3) is 0 Å². The molecule has 0 radical (unpaired) electrons. The van der Waals surface area contributed by atoms with Crippen molar-refractivity contribution in [1.82, 2.24) is 15.2 Å². The van der Waals surface area contributed by atoms with Crippen LogP contribution in [-0.2, 0) is 20.8 Å². The van der Waals surface area contributed by atoms with Crippen LogP contribution in [0.25, 0.3) is 10.9 Å². The van der Waals surface area contributed by atoms with Gasteiger partial charge in [-0.15, -0.1) is 0 Å². The van der Waals surface area contributed by atoms with Crippen LogP contribution in [0.2, 0.25) is 0 Å². The van der Waals surface area contributed by atoms with Crippen LogP contribution in [-0.4, -0.2) is 40.7 Å². The Labute approximate surface area is 168 Å². The fraction of sp³-hybridized carbons (Fsp3) is 0.435. The molecule has 6 heteroatoms. The smallest absolute Gasteiger partial charge is 0.240 e. The molecule has 2 aromatic rings. The number of hydrogen-bond acceptors (Lipinski definition) is 3. The van der Waals surface area contributed by atoms with Crippen molar-refractivity contribution in [3.63, 3.8) is 0 Å². The van der Waals surface area contributed by atoms with Crippen LogP contribution in [0.4, 0.5) is 0 Å². The number of likely N-dealkylation sites (tertiary alicyclic amines) is 1. The second-order valence-corrected chi connectivity index (χ2v) is 8.88. The maximum Gasteiger partial charge on any atom is 0.240 e. The van der Waals surface area contributed by atoms with E-state index in [4.69, 9.17) is 0 Å². The van der Waals surface area contributed by atoms with Gasteiger partial charge in [0.05, 0.1) is 11.8 Å². The summed E-state index contributed by atoms with van der Waals surface area (Å²) in [4.78, 5) is 42.8. The first-order valence-electron chi connectivity index (χ1n) is 10.5. The van der Waals surface area contributed by atoms with Gasteiger partial charge in [-0.1, -0.05) is 30.4 Å². The highest BCUT2D eigenvalue weighted by atomic mass is 16.2. The third kappa shape index (κ3) is 2.44. The summed E-state index contributed by atoms with van der Waals surface area (Å²) in [6, 6.07) is 8.05. The number of aromatic amines is 1. The number of nitrogens with one attached hydrogen (secondary N) is 2. The molecule has 6 atom stereocenters. The van der Waals surface area contributed by atoms with Gasteiger partial charge >= 0.3 is 0 Å². The Bertz CT molecular complexity index is 1030. The van der Waals surface area contributed by atoms with Crippen molar-refractivity contribution < 1.29 is 14.4 Å². The van der Waals surface area contributed by atoms with Crippen LogP contribution in [0.3, 0.4) is 0 Å². The van der Waals surface area contributed by atoms with Crippen molar-refractivity contribution in [2.75, 3.05) is 13.1 Å². The zero-order valence-electron chi connectivity index (χ0n) is 16.0. The molecular formula is C23H23N3O3. The van der Waals surface area contributed by atoms with Gasteiger partial charge in [-0.05, 0) is 48.1 Å². The predicted molar refractivity (Wildman–Crippen MR) is 106 cm³/mol. The summed E-state index contributed by atoms with van der Waals surface area (Å²) in [6.45, 7) is 0.314. The zero-order chi connectivity index (χ0) is 19.7. The van der Waals surface area contributed by atoms with Crippen molar-refractivity contribution in [3.05, 3.63) is 48.2 Å². The lowest BCUT2D eigenvalue weighted by molar-refractivity contribution is -0.143. The van der Waals surface area contributed by atoms with E-state index in [2.05, 4.69) is 28.5 Å². The molecule has 2 saturated carbocycles. The fourth-order valence-electron chi connectivity index (χ4n) is 6.05. The highest BCUT2D eigenvalue weighted by Crippen LogP contribution is 2.65. The van der Waals surface area contributed by atoms with Crippen LogP contribution < -0.4 is 5.32 Å². The van der Waals surface area contributed by atoms with Gasteiger partial charge in [0.1, 0.15) is 6.54 Å². The van der Waals surface area contributed by atoms with Crippen LogP contribution >= 0.6 is 0 Å². The Hall–Kier alpha value is -2.89. The Kier molecular flexibility index (Phi) is 3.55. The third-order valence-electron chi connectivity index (χ3n) is 7.45. The summed E-state index contributed by atoms with van der Waals surface area (Å²) in [5.74, 6) is 0.521. The molecule has 6 nitrogen and oxygen atoms in total. The van der Waals surface area contributed by atoms with E-state index in [9.17, 15) is 14.4 Å². The standard InChI is InChI=1S/C23H23N3O3/c27-19(24-8-7-12-10-25-18-4-2-1-3-13(12)18)11-26-22(28)20-14-5-6-15(17-9-16(14)17)21(20)23(26)29/h1-6,10,14-17,20-21,25H,7-9,11H2,(H,24,27)/t14-,15-,16-,17-,20+,21+/m1/s1. The van der Waals surface area contributed by atoms with E-state index in [1.807, 2.05) is 24.4 Å². The highest BCUT2D eigenvalue weighted by Gasteiger charge is 2.67. The summed E-state index contributed by atoms with van der Waals surface area (Å²) in [5.41, 5.74) is 2.22. The number of benzene rings is 1. The molecule has 0 unspecified atom stereocenters. The van der Waals surface area contributed by atoms with E-state index in [1.54, 1.807) is 0 Å². The minimum absolute atomic E-state index is 0.142. The Morgan fingerprint density at radius 3 is 2.48 bits per heavy atom. The normalized spacial score (nSPS) is 33.9. The number of aromatic nitrogens is 1. The molecule has 5 aliphatic rings. The van der Waals surface area contributed by atoms with Gasteiger partial charge in [-0.25, -0.2) is 0 Å². The van der Waals surface area contributed by atoms with Crippen molar-refractivity contribution in [2.45, 2.75) is 12.8 Å². The summed E-state index contributed by atoms with van der Waals surface area (Å²) < 4.78 is 0. The second-order valence-electron chi connectivity index (χ2n) is 8.88. The SMILES string of the molecule is O=C(CN1C(=O)[C@H]2[C@@H]3C=C[C@H]([C@H]4C[C@H]34)[C@@H]2C1=O)NCCc1c[nH]c2ccccc12. The van der Waals surface area contributed by atoms with E-state index >= 15 is 0 Å². The number of fused-ring (bicyclic) bond motifs is 1. The van der Waals surface area contributed by atoms with Gasteiger partial charge in [-0.3, -0.25) is 19.3 Å². The Balaban J connectivity index is 1.09. The lowest BCUT2D eigenvalue weighted by atomic mass is 9.63. The summed E-state index contributed by atoms with van der Waals surface area (Å²) >= 11 is 0. The monoisotopic (exact) mass is 389 g/mol. The topological polar surface area (TPSA) is 82.3 Å². The number of H-pyrrole nitrogens is 1. The first-order valence-corrected chi connectivity index (χ1v) is 10.5. The number of carbonyl (C=O) groups is 3. The molecule has 1 aliphatic heterocycles. The van der Waals surface area contributed by atoms with Crippen LogP contribution in [0.5, 0.6) is 0 Å². The van der Waals surface area contributed by atoms with E-state index in [-0.39, 0.29) is 47.9 Å². The van der Waals surface area contributed by atoms with Crippen molar-refractivity contribution in [3.8, 4) is 0 Å². The van der Waals surface area contributed by atoms with Gasteiger partial charge < -0.3 is 10.3 Å². The lowest BCUT2D eigenvalue weighted by Crippen LogP contribution is -2.41.